The Kier molecular flexibility index (Phi) is 5.81. The van der Waals surface area contributed by atoms with E-state index in [2.05, 4.69) is 26.1 Å². The zero-order valence-electron chi connectivity index (χ0n) is 11.4. The van der Waals surface area contributed by atoms with Gasteiger partial charge in [0.05, 0.1) is 16.8 Å². The third-order valence-electron chi connectivity index (χ3n) is 3.59. The van der Waals surface area contributed by atoms with Gasteiger partial charge in [0, 0.05) is 26.2 Å². The summed E-state index contributed by atoms with van der Waals surface area (Å²) in [6.45, 7) is 3.72. The fourth-order valence-corrected chi connectivity index (χ4v) is 2.87. The first-order chi connectivity index (χ1) is 9.75. The van der Waals surface area contributed by atoms with Gasteiger partial charge in [0.15, 0.2) is 0 Å². The molecule has 1 aromatic carbocycles. The molecule has 1 aliphatic rings. The first-order valence-electron chi connectivity index (χ1n) is 6.69. The van der Waals surface area contributed by atoms with E-state index in [1.807, 2.05) is 18.2 Å². The molecular weight excluding hydrogens is 359 g/mol. The Hall–Kier alpha value is -0.880. The molecule has 0 unspecified atom stereocenters. The Morgan fingerprint density at radius 3 is 2.62 bits per heavy atom. The zero-order valence-corrected chi connectivity index (χ0v) is 13.8. The number of hydrogen-bond donors (Lipinski definition) is 1. The topological polar surface area (TPSA) is 28.4 Å². The number of piperazine rings is 1. The Morgan fingerprint density at radius 1 is 1.24 bits per heavy atom. The smallest absolute Gasteiger partial charge is 0.137 e. The van der Waals surface area contributed by atoms with E-state index in [1.165, 1.54) is 0 Å². The Labute approximate surface area is 138 Å². The van der Waals surface area contributed by atoms with E-state index in [-0.39, 0.29) is 24.3 Å². The number of furan rings is 1. The van der Waals surface area contributed by atoms with Crippen molar-refractivity contribution in [3.05, 3.63) is 58.2 Å². The maximum Gasteiger partial charge on any atom is 0.137 e. The average molecular weight is 376 g/mol. The van der Waals surface area contributed by atoms with Crippen molar-refractivity contribution in [1.82, 2.24) is 10.2 Å². The highest BCUT2D eigenvalue weighted by Gasteiger charge is 2.26. The summed E-state index contributed by atoms with van der Waals surface area (Å²) < 4.78 is 19.9. The quantitative estimate of drug-likeness (QED) is 0.888. The Bertz CT molecular complexity index is 573. The van der Waals surface area contributed by atoms with Gasteiger partial charge in [-0.25, -0.2) is 4.39 Å². The summed E-state index contributed by atoms with van der Waals surface area (Å²) in [5, 5.41) is 3.33. The van der Waals surface area contributed by atoms with Crippen LogP contribution in [0.1, 0.15) is 17.4 Å². The van der Waals surface area contributed by atoms with Crippen molar-refractivity contribution in [2.24, 2.45) is 0 Å². The van der Waals surface area contributed by atoms with Crippen molar-refractivity contribution in [1.29, 1.82) is 0 Å². The highest BCUT2D eigenvalue weighted by atomic mass is 79.9. The number of benzene rings is 1. The van der Waals surface area contributed by atoms with E-state index in [9.17, 15) is 4.39 Å². The van der Waals surface area contributed by atoms with Gasteiger partial charge in [0.1, 0.15) is 11.6 Å². The molecule has 1 saturated heterocycles. The van der Waals surface area contributed by atoms with Gasteiger partial charge >= 0.3 is 0 Å². The zero-order chi connectivity index (χ0) is 13.9. The molecule has 0 bridgehead atoms. The van der Waals surface area contributed by atoms with E-state index in [1.54, 1.807) is 18.4 Å². The summed E-state index contributed by atoms with van der Waals surface area (Å²) in [7, 11) is 0. The van der Waals surface area contributed by atoms with Gasteiger partial charge in [0.25, 0.3) is 0 Å². The number of nitrogens with one attached hydrogen (secondary N) is 1. The molecule has 0 radical (unpaired) electrons. The lowest BCUT2D eigenvalue weighted by molar-refractivity contribution is 0.180. The minimum atomic E-state index is -0.241. The van der Waals surface area contributed by atoms with Crippen LogP contribution in [0, 0.1) is 5.82 Å². The summed E-state index contributed by atoms with van der Waals surface area (Å²) in [6.07, 6.45) is 1.67. The average Bonchev–Trinajstić information content (AvgIpc) is 2.98. The molecule has 2 heterocycles. The molecule has 0 spiro atoms. The van der Waals surface area contributed by atoms with Crippen molar-refractivity contribution < 1.29 is 8.81 Å². The fourth-order valence-electron chi connectivity index (χ4n) is 2.62. The molecule has 1 atom stereocenters. The van der Waals surface area contributed by atoms with Gasteiger partial charge < -0.3 is 9.73 Å². The largest absolute Gasteiger partial charge is 0.467 e. The summed E-state index contributed by atoms with van der Waals surface area (Å²) in [5.41, 5.74) is 0.919. The minimum Gasteiger partial charge on any atom is -0.467 e. The second-order valence-corrected chi connectivity index (χ2v) is 5.73. The van der Waals surface area contributed by atoms with Gasteiger partial charge in [-0.15, -0.1) is 12.4 Å². The maximum atomic E-state index is 13.8. The Morgan fingerprint density at radius 2 is 2.00 bits per heavy atom. The van der Waals surface area contributed by atoms with Crippen LogP contribution in [0.5, 0.6) is 0 Å². The van der Waals surface area contributed by atoms with Crippen molar-refractivity contribution in [2.45, 2.75) is 6.04 Å². The monoisotopic (exact) mass is 374 g/mol. The normalized spacial score (nSPS) is 17.2. The first-order valence-corrected chi connectivity index (χ1v) is 7.48. The van der Waals surface area contributed by atoms with E-state index >= 15 is 0 Å². The van der Waals surface area contributed by atoms with Gasteiger partial charge in [-0.3, -0.25) is 4.90 Å². The van der Waals surface area contributed by atoms with E-state index in [0.29, 0.717) is 4.47 Å². The highest BCUT2D eigenvalue weighted by molar-refractivity contribution is 9.10. The first kappa shape index (κ1) is 16.5. The van der Waals surface area contributed by atoms with Crippen LogP contribution in [0.25, 0.3) is 0 Å². The molecule has 0 aliphatic carbocycles. The molecule has 0 amide bonds. The van der Waals surface area contributed by atoms with E-state index < -0.39 is 0 Å². The molecule has 1 fully saturated rings. The summed E-state index contributed by atoms with van der Waals surface area (Å²) in [6, 6.07) is 9.08. The minimum absolute atomic E-state index is 0. The molecular formula is C15H17BrClFN2O. The van der Waals surface area contributed by atoms with Crippen LogP contribution in [-0.4, -0.2) is 31.1 Å². The van der Waals surface area contributed by atoms with Crippen LogP contribution in [-0.2, 0) is 0 Å². The Balaban J connectivity index is 0.00000161. The summed E-state index contributed by atoms with van der Waals surface area (Å²) in [4.78, 5) is 2.32. The van der Waals surface area contributed by atoms with Gasteiger partial charge in [-0.2, -0.15) is 0 Å². The standard InChI is InChI=1S/C15H16BrFN2O.ClH/c16-12-4-3-11(10-13(12)17)15(14-2-1-9-20-14)19-7-5-18-6-8-19;/h1-4,9-10,15,18H,5-8H2;1H/t15-;/m0./s1. The molecule has 1 aromatic heterocycles. The molecule has 6 heteroatoms. The second kappa shape index (κ2) is 7.40. The molecule has 3 rings (SSSR count). The lowest BCUT2D eigenvalue weighted by Gasteiger charge is -2.34. The number of rotatable bonds is 3. The summed E-state index contributed by atoms with van der Waals surface area (Å²) in [5.74, 6) is 0.614. The third kappa shape index (κ3) is 3.66. The van der Waals surface area contributed by atoms with Crippen LogP contribution in [0.2, 0.25) is 0 Å². The second-order valence-electron chi connectivity index (χ2n) is 4.88. The number of hydrogen-bond acceptors (Lipinski definition) is 3. The molecule has 1 N–H and O–H groups in total. The van der Waals surface area contributed by atoms with Crippen molar-refractivity contribution in [3.8, 4) is 0 Å². The lowest BCUT2D eigenvalue weighted by Crippen LogP contribution is -2.45. The van der Waals surface area contributed by atoms with Gasteiger partial charge in [0.2, 0.25) is 0 Å². The van der Waals surface area contributed by atoms with E-state index in [4.69, 9.17) is 4.42 Å². The van der Waals surface area contributed by atoms with Crippen LogP contribution >= 0.6 is 28.3 Å². The predicted octanol–water partition coefficient (Wildman–Crippen LogP) is 3.60. The molecule has 0 saturated carbocycles. The maximum absolute atomic E-state index is 13.8. The van der Waals surface area contributed by atoms with Crippen molar-refractivity contribution in [3.63, 3.8) is 0 Å². The molecule has 21 heavy (non-hydrogen) atoms. The fraction of sp³-hybridized carbons (Fsp3) is 0.333. The third-order valence-corrected chi connectivity index (χ3v) is 4.23. The van der Waals surface area contributed by atoms with Crippen molar-refractivity contribution >= 4 is 28.3 Å². The number of nitrogens with zero attached hydrogens (tertiary/aromatic N) is 1. The molecule has 114 valence electrons. The van der Waals surface area contributed by atoms with Gasteiger partial charge in [-0.1, -0.05) is 6.07 Å². The van der Waals surface area contributed by atoms with E-state index in [0.717, 1.165) is 37.5 Å². The van der Waals surface area contributed by atoms with Crippen LogP contribution in [0.4, 0.5) is 4.39 Å². The lowest BCUT2D eigenvalue weighted by atomic mass is 10.0. The van der Waals surface area contributed by atoms with Gasteiger partial charge in [-0.05, 0) is 45.8 Å². The predicted molar refractivity (Wildman–Crippen MR) is 86.3 cm³/mol. The molecule has 3 nitrogen and oxygen atoms in total. The van der Waals surface area contributed by atoms with Crippen LogP contribution in [0.3, 0.4) is 0 Å². The van der Waals surface area contributed by atoms with Crippen LogP contribution < -0.4 is 5.32 Å². The molecule has 1 aliphatic heterocycles. The van der Waals surface area contributed by atoms with Crippen molar-refractivity contribution in [2.75, 3.05) is 26.2 Å². The highest BCUT2D eigenvalue weighted by Crippen LogP contribution is 2.31. The van der Waals surface area contributed by atoms with Crippen LogP contribution in [0.15, 0.2) is 45.5 Å². The molecule has 2 aromatic rings. The summed E-state index contributed by atoms with van der Waals surface area (Å²) >= 11 is 3.20. The number of halogens is 3. The SMILES string of the molecule is Cl.Fc1cc([C@@H](c2ccco2)N2CCNCC2)ccc1Br.